The molecule has 0 saturated heterocycles. The molecular formula is C9H14O. The molecule has 0 rings (SSSR count). The van der Waals surface area contributed by atoms with E-state index in [1.807, 2.05) is 26.0 Å². The van der Waals surface area contributed by atoms with E-state index in [0.717, 1.165) is 5.57 Å². The van der Waals surface area contributed by atoms with Crippen LogP contribution in [0.15, 0.2) is 36.0 Å². The highest BCUT2D eigenvalue weighted by Crippen LogP contribution is 1.96. The first-order chi connectivity index (χ1) is 4.70. The van der Waals surface area contributed by atoms with E-state index in [0.29, 0.717) is 0 Å². The normalized spacial score (nSPS) is 10.9. The van der Waals surface area contributed by atoms with Crippen LogP contribution in [0.3, 0.4) is 0 Å². The van der Waals surface area contributed by atoms with Crippen LogP contribution in [0.25, 0.3) is 0 Å². The lowest BCUT2D eigenvalue weighted by molar-refractivity contribution is 0.335. The van der Waals surface area contributed by atoms with Crippen molar-refractivity contribution in [2.45, 2.75) is 13.8 Å². The summed E-state index contributed by atoms with van der Waals surface area (Å²) in [6.07, 6.45) is 5.47. The van der Waals surface area contributed by atoms with Crippen LogP contribution >= 0.6 is 0 Å². The quantitative estimate of drug-likeness (QED) is 0.592. The van der Waals surface area contributed by atoms with Crippen molar-refractivity contribution in [1.82, 2.24) is 0 Å². The molecule has 0 fully saturated rings. The van der Waals surface area contributed by atoms with Crippen LogP contribution in [0.4, 0.5) is 0 Å². The molecule has 56 valence electrons. The standard InChI is InChI=1S/C9H14O/c1-4-9(7-10)6-5-8(2)3/h4-6,10H,1,7H2,2-3H3/b9-6+. The molecule has 0 spiro atoms. The third kappa shape index (κ3) is 4.10. The molecule has 0 saturated carbocycles. The van der Waals surface area contributed by atoms with Gasteiger partial charge in [-0.2, -0.15) is 0 Å². The zero-order valence-corrected chi connectivity index (χ0v) is 6.59. The van der Waals surface area contributed by atoms with Gasteiger partial charge in [0.2, 0.25) is 0 Å². The van der Waals surface area contributed by atoms with Crippen molar-refractivity contribution in [2.75, 3.05) is 6.61 Å². The molecule has 0 aliphatic carbocycles. The van der Waals surface area contributed by atoms with Crippen LogP contribution in [-0.4, -0.2) is 11.7 Å². The van der Waals surface area contributed by atoms with E-state index in [1.54, 1.807) is 6.08 Å². The van der Waals surface area contributed by atoms with Gasteiger partial charge < -0.3 is 5.11 Å². The minimum Gasteiger partial charge on any atom is -0.392 e. The third-order valence-electron chi connectivity index (χ3n) is 1.08. The molecule has 0 atom stereocenters. The van der Waals surface area contributed by atoms with Crippen molar-refractivity contribution in [3.8, 4) is 0 Å². The van der Waals surface area contributed by atoms with Crippen LogP contribution < -0.4 is 0 Å². The number of aliphatic hydroxyl groups is 1. The molecule has 0 heterocycles. The summed E-state index contributed by atoms with van der Waals surface area (Å²) in [5.74, 6) is 0. The number of aliphatic hydroxyl groups excluding tert-OH is 1. The van der Waals surface area contributed by atoms with Gasteiger partial charge in [-0.15, -0.1) is 0 Å². The molecule has 1 heteroatoms. The van der Waals surface area contributed by atoms with Crippen molar-refractivity contribution in [1.29, 1.82) is 0 Å². The van der Waals surface area contributed by atoms with E-state index < -0.39 is 0 Å². The third-order valence-corrected chi connectivity index (χ3v) is 1.08. The van der Waals surface area contributed by atoms with E-state index in [4.69, 9.17) is 5.11 Å². The predicted molar refractivity (Wildman–Crippen MR) is 44.8 cm³/mol. The molecule has 0 aromatic rings. The highest BCUT2D eigenvalue weighted by molar-refractivity contribution is 5.23. The van der Waals surface area contributed by atoms with Crippen molar-refractivity contribution < 1.29 is 5.11 Å². The Hall–Kier alpha value is -0.820. The average molecular weight is 138 g/mol. The lowest BCUT2D eigenvalue weighted by atomic mass is 10.2. The zero-order valence-electron chi connectivity index (χ0n) is 6.59. The molecule has 0 bridgehead atoms. The van der Waals surface area contributed by atoms with E-state index in [9.17, 15) is 0 Å². The van der Waals surface area contributed by atoms with Gasteiger partial charge in [-0.05, 0) is 19.4 Å². The Labute approximate surface area is 62.4 Å². The maximum Gasteiger partial charge on any atom is 0.0681 e. The Kier molecular flexibility index (Phi) is 4.59. The molecule has 0 unspecified atom stereocenters. The Morgan fingerprint density at radius 1 is 1.40 bits per heavy atom. The Balaban J connectivity index is 4.12. The second-order valence-electron chi connectivity index (χ2n) is 2.35. The lowest BCUT2D eigenvalue weighted by Crippen LogP contribution is -1.83. The van der Waals surface area contributed by atoms with Gasteiger partial charge in [0, 0.05) is 0 Å². The number of hydrogen-bond donors (Lipinski definition) is 1. The van der Waals surface area contributed by atoms with Crippen molar-refractivity contribution >= 4 is 0 Å². The Morgan fingerprint density at radius 2 is 2.00 bits per heavy atom. The Morgan fingerprint density at radius 3 is 2.30 bits per heavy atom. The lowest BCUT2D eigenvalue weighted by Gasteiger charge is -1.91. The van der Waals surface area contributed by atoms with Gasteiger partial charge in [0.15, 0.2) is 0 Å². The molecule has 0 aliphatic heterocycles. The largest absolute Gasteiger partial charge is 0.392 e. The maximum atomic E-state index is 8.67. The number of rotatable bonds is 3. The van der Waals surface area contributed by atoms with Crippen molar-refractivity contribution in [3.63, 3.8) is 0 Å². The van der Waals surface area contributed by atoms with E-state index >= 15 is 0 Å². The SMILES string of the molecule is C=C/C(=C\C=C(C)C)CO. The summed E-state index contributed by atoms with van der Waals surface area (Å²) in [6.45, 7) is 7.63. The summed E-state index contributed by atoms with van der Waals surface area (Å²) in [4.78, 5) is 0. The second-order valence-corrected chi connectivity index (χ2v) is 2.35. The molecule has 0 radical (unpaired) electrons. The zero-order chi connectivity index (χ0) is 7.98. The highest BCUT2D eigenvalue weighted by Gasteiger charge is 1.82. The van der Waals surface area contributed by atoms with Crippen LogP contribution in [0.2, 0.25) is 0 Å². The molecule has 10 heavy (non-hydrogen) atoms. The van der Waals surface area contributed by atoms with Crippen LogP contribution in [0.5, 0.6) is 0 Å². The van der Waals surface area contributed by atoms with Crippen molar-refractivity contribution in [2.24, 2.45) is 0 Å². The van der Waals surface area contributed by atoms with Gasteiger partial charge in [0.1, 0.15) is 0 Å². The van der Waals surface area contributed by atoms with Gasteiger partial charge in [-0.1, -0.05) is 30.4 Å². The predicted octanol–water partition coefficient (Wildman–Crippen LogP) is 2.06. The summed E-state index contributed by atoms with van der Waals surface area (Å²) in [5.41, 5.74) is 2.06. The number of hydrogen-bond acceptors (Lipinski definition) is 1. The van der Waals surface area contributed by atoms with Crippen molar-refractivity contribution in [3.05, 3.63) is 36.0 Å². The van der Waals surface area contributed by atoms with E-state index in [1.165, 1.54) is 5.57 Å². The first-order valence-electron chi connectivity index (χ1n) is 3.28. The van der Waals surface area contributed by atoms with Gasteiger partial charge >= 0.3 is 0 Å². The van der Waals surface area contributed by atoms with Gasteiger partial charge in [0.05, 0.1) is 6.61 Å². The fourth-order valence-electron chi connectivity index (χ4n) is 0.459. The molecule has 1 nitrogen and oxygen atoms in total. The maximum absolute atomic E-state index is 8.67. The molecule has 0 aliphatic rings. The summed E-state index contributed by atoms with van der Waals surface area (Å²) in [6, 6.07) is 0. The topological polar surface area (TPSA) is 20.2 Å². The molecule has 0 aromatic heterocycles. The summed E-state index contributed by atoms with van der Waals surface area (Å²) in [7, 11) is 0. The van der Waals surface area contributed by atoms with E-state index in [-0.39, 0.29) is 6.61 Å². The summed E-state index contributed by atoms with van der Waals surface area (Å²) >= 11 is 0. The van der Waals surface area contributed by atoms with E-state index in [2.05, 4.69) is 6.58 Å². The fourth-order valence-corrected chi connectivity index (χ4v) is 0.459. The molecule has 0 amide bonds. The summed E-state index contributed by atoms with van der Waals surface area (Å²) < 4.78 is 0. The fraction of sp³-hybridized carbons (Fsp3) is 0.333. The first kappa shape index (κ1) is 9.18. The summed E-state index contributed by atoms with van der Waals surface area (Å²) in [5, 5.41) is 8.67. The van der Waals surface area contributed by atoms with Crippen LogP contribution in [-0.2, 0) is 0 Å². The smallest absolute Gasteiger partial charge is 0.0681 e. The number of allylic oxidation sites excluding steroid dienone is 3. The second kappa shape index (κ2) is 5.00. The minimum atomic E-state index is 0.0628. The molecule has 1 N–H and O–H groups in total. The van der Waals surface area contributed by atoms with Gasteiger partial charge in [0.25, 0.3) is 0 Å². The van der Waals surface area contributed by atoms with Gasteiger partial charge in [-0.3, -0.25) is 0 Å². The molecular weight excluding hydrogens is 124 g/mol. The first-order valence-corrected chi connectivity index (χ1v) is 3.28. The Bertz CT molecular complexity index is 160. The van der Waals surface area contributed by atoms with Crippen LogP contribution in [0.1, 0.15) is 13.8 Å². The molecule has 0 aromatic carbocycles. The highest BCUT2D eigenvalue weighted by atomic mass is 16.3. The van der Waals surface area contributed by atoms with Gasteiger partial charge in [-0.25, -0.2) is 0 Å². The minimum absolute atomic E-state index is 0.0628. The van der Waals surface area contributed by atoms with Crippen LogP contribution in [0, 0.1) is 0 Å². The average Bonchev–Trinajstić information content (AvgIpc) is 1.90. The monoisotopic (exact) mass is 138 g/mol.